The molecule has 2 amide bonds. The number of piperazine rings is 1. The normalized spacial score (nSPS) is 21.5. The van der Waals surface area contributed by atoms with Gasteiger partial charge in [0.2, 0.25) is 11.8 Å². The first-order chi connectivity index (χ1) is 13.7. The van der Waals surface area contributed by atoms with E-state index in [-0.39, 0.29) is 24.3 Å². The average Bonchev–Trinajstić information content (AvgIpc) is 3.24. The van der Waals surface area contributed by atoms with Crippen molar-refractivity contribution in [2.24, 2.45) is 0 Å². The monoisotopic (exact) mass is 397 g/mol. The number of benzene rings is 1. The molecule has 4 rings (SSSR count). The van der Waals surface area contributed by atoms with Crippen LogP contribution in [-0.2, 0) is 16.1 Å². The summed E-state index contributed by atoms with van der Waals surface area (Å²) in [6.45, 7) is 3.73. The van der Waals surface area contributed by atoms with Crippen LogP contribution in [0.1, 0.15) is 35.6 Å². The molecule has 0 saturated carbocycles. The van der Waals surface area contributed by atoms with Gasteiger partial charge in [0, 0.05) is 37.6 Å². The van der Waals surface area contributed by atoms with Gasteiger partial charge in [0.15, 0.2) is 0 Å². The van der Waals surface area contributed by atoms with Crippen LogP contribution in [0.2, 0.25) is 0 Å². The average molecular weight is 398 g/mol. The van der Waals surface area contributed by atoms with Crippen LogP contribution >= 0.6 is 11.3 Å². The van der Waals surface area contributed by atoms with Gasteiger partial charge in [-0.15, -0.1) is 11.3 Å². The van der Waals surface area contributed by atoms with Crippen LogP contribution in [-0.4, -0.2) is 53.8 Å². The van der Waals surface area contributed by atoms with Gasteiger partial charge in [0.25, 0.3) is 0 Å². The first-order valence-corrected chi connectivity index (χ1v) is 11.0. The molecule has 1 atom stereocenters. The molecule has 5 nitrogen and oxygen atoms in total. The molecule has 1 aromatic heterocycles. The Kier molecular flexibility index (Phi) is 6.07. The number of carbonyl (C=O) groups excluding carboxylic acids is 2. The predicted octanol–water partition coefficient (Wildman–Crippen LogP) is 2.84. The van der Waals surface area contributed by atoms with Crippen molar-refractivity contribution in [2.75, 3.05) is 26.2 Å². The molecule has 0 bridgehead atoms. The maximum atomic E-state index is 12.9. The SMILES string of the molecule is O=C1NCCN(Cc2cccs2)[C@H]1CC(=O)N1CCC(c2ccccc2)CC1. The minimum Gasteiger partial charge on any atom is -0.353 e. The van der Waals surface area contributed by atoms with Crippen LogP contribution in [0.15, 0.2) is 47.8 Å². The van der Waals surface area contributed by atoms with Gasteiger partial charge < -0.3 is 10.2 Å². The van der Waals surface area contributed by atoms with E-state index < -0.39 is 0 Å². The molecule has 148 valence electrons. The summed E-state index contributed by atoms with van der Waals surface area (Å²) in [6, 6.07) is 14.3. The summed E-state index contributed by atoms with van der Waals surface area (Å²) < 4.78 is 0. The molecule has 2 aliphatic rings. The van der Waals surface area contributed by atoms with Crippen molar-refractivity contribution in [1.29, 1.82) is 0 Å². The third-order valence-corrected chi connectivity index (χ3v) is 6.73. The first kappa shape index (κ1) is 19.2. The van der Waals surface area contributed by atoms with E-state index in [4.69, 9.17) is 0 Å². The number of hydrogen-bond donors (Lipinski definition) is 1. The van der Waals surface area contributed by atoms with E-state index in [1.54, 1.807) is 11.3 Å². The van der Waals surface area contributed by atoms with E-state index in [0.29, 0.717) is 12.5 Å². The molecule has 6 heteroatoms. The molecule has 0 radical (unpaired) electrons. The van der Waals surface area contributed by atoms with E-state index in [1.807, 2.05) is 17.0 Å². The molecule has 0 spiro atoms. The van der Waals surface area contributed by atoms with Crippen LogP contribution in [0.3, 0.4) is 0 Å². The second-order valence-electron chi connectivity index (χ2n) is 7.63. The predicted molar refractivity (Wildman–Crippen MR) is 111 cm³/mol. The van der Waals surface area contributed by atoms with Crippen molar-refractivity contribution in [3.63, 3.8) is 0 Å². The van der Waals surface area contributed by atoms with E-state index in [2.05, 4.69) is 45.9 Å². The van der Waals surface area contributed by atoms with Crippen molar-refractivity contribution in [3.05, 3.63) is 58.3 Å². The zero-order valence-corrected chi connectivity index (χ0v) is 16.9. The van der Waals surface area contributed by atoms with Gasteiger partial charge in [0.1, 0.15) is 0 Å². The molecule has 2 fully saturated rings. The number of likely N-dealkylation sites (tertiary alicyclic amines) is 1. The maximum Gasteiger partial charge on any atom is 0.237 e. The largest absolute Gasteiger partial charge is 0.353 e. The van der Waals surface area contributed by atoms with E-state index in [1.165, 1.54) is 10.4 Å². The summed E-state index contributed by atoms with van der Waals surface area (Å²) in [5.74, 6) is 0.610. The lowest BCUT2D eigenvalue weighted by molar-refractivity contribution is -0.139. The Labute approximate surface area is 170 Å². The Bertz CT molecular complexity index is 785. The van der Waals surface area contributed by atoms with E-state index >= 15 is 0 Å². The first-order valence-electron chi connectivity index (χ1n) is 10.1. The second kappa shape index (κ2) is 8.88. The van der Waals surface area contributed by atoms with Crippen LogP contribution in [0.4, 0.5) is 0 Å². The van der Waals surface area contributed by atoms with Gasteiger partial charge in [-0.3, -0.25) is 14.5 Å². The topological polar surface area (TPSA) is 52.7 Å². The van der Waals surface area contributed by atoms with E-state index in [9.17, 15) is 9.59 Å². The molecule has 2 aliphatic heterocycles. The summed E-state index contributed by atoms with van der Waals surface area (Å²) in [5, 5.41) is 4.98. The summed E-state index contributed by atoms with van der Waals surface area (Å²) in [5.41, 5.74) is 1.36. The molecule has 1 aromatic carbocycles. The maximum absolute atomic E-state index is 12.9. The zero-order valence-electron chi connectivity index (χ0n) is 16.0. The third kappa shape index (κ3) is 4.45. The van der Waals surface area contributed by atoms with Crippen molar-refractivity contribution in [2.45, 2.75) is 37.8 Å². The number of hydrogen-bond acceptors (Lipinski definition) is 4. The summed E-state index contributed by atoms with van der Waals surface area (Å²) in [4.78, 5) is 30.7. The van der Waals surface area contributed by atoms with Crippen molar-refractivity contribution in [1.82, 2.24) is 15.1 Å². The summed E-state index contributed by atoms with van der Waals surface area (Å²) >= 11 is 1.70. The highest BCUT2D eigenvalue weighted by Crippen LogP contribution is 2.28. The number of amides is 2. The highest BCUT2D eigenvalue weighted by atomic mass is 32.1. The molecular formula is C22H27N3O2S. The fourth-order valence-electron chi connectivity index (χ4n) is 4.26. The molecule has 0 aliphatic carbocycles. The molecular weight excluding hydrogens is 370 g/mol. The van der Waals surface area contributed by atoms with Crippen molar-refractivity contribution in [3.8, 4) is 0 Å². The van der Waals surface area contributed by atoms with Crippen molar-refractivity contribution < 1.29 is 9.59 Å². The van der Waals surface area contributed by atoms with Gasteiger partial charge in [-0.2, -0.15) is 0 Å². The minimum absolute atomic E-state index is 0.0182. The molecule has 2 saturated heterocycles. The van der Waals surface area contributed by atoms with Crippen LogP contribution in [0.25, 0.3) is 0 Å². The van der Waals surface area contributed by atoms with Gasteiger partial charge in [-0.1, -0.05) is 36.4 Å². The fourth-order valence-corrected chi connectivity index (χ4v) is 4.99. The van der Waals surface area contributed by atoms with Gasteiger partial charge in [-0.05, 0) is 35.8 Å². The molecule has 2 aromatic rings. The summed E-state index contributed by atoms with van der Waals surface area (Å²) in [6.07, 6.45) is 2.25. The molecule has 0 unspecified atom stereocenters. The lowest BCUT2D eigenvalue weighted by Gasteiger charge is -2.37. The van der Waals surface area contributed by atoms with Gasteiger partial charge >= 0.3 is 0 Å². The van der Waals surface area contributed by atoms with Gasteiger partial charge in [0.05, 0.1) is 12.5 Å². The Balaban J connectivity index is 1.34. The fraction of sp³-hybridized carbons (Fsp3) is 0.455. The minimum atomic E-state index is -0.366. The zero-order chi connectivity index (χ0) is 19.3. The standard InChI is InChI=1S/C22H27N3O2S/c26-21(24-11-8-18(9-12-24)17-5-2-1-3-6-17)15-20-22(27)23-10-13-25(20)16-19-7-4-14-28-19/h1-7,14,18,20H,8-13,15-16H2,(H,23,27)/t20-/m0/s1. The van der Waals surface area contributed by atoms with Crippen LogP contribution in [0.5, 0.6) is 0 Å². The molecule has 1 N–H and O–H groups in total. The number of carbonyl (C=O) groups is 2. The van der Waals surface area contributed by atoms with Crippen molar-refractivity contribution >= 4 is 23.2 Å². The number of piperidine rings is 1. The molecule has 28 heavy (non-hydrogen) atoms. The lowest BCUT2D eigenvalue weighted by atomic mass is 9.89. The van der Waals surface area contributed by atoms with Crippen LogP contribution < -0.4 is 5.32 Å². The number of nitrogens with one attached hydrogen (secondary N) is 1. The Morgan fingerprint density at radius 1 is 1.07 bits per heavy atom. The van der Waals surface area contributed by atoms with Crippen LogP contribution in [0, 0.1) is 0 Å². The Morgan fingerprint density at radius 2 is 1.86 bits per heavy atom. The molecule has 3 heterocycles. The quantitative estimate of drug-likeness (QED) is 0.844. The number of rotatable bonds is 5. The number of thiophene rings is 1. The lowest BCUT2D eigenvalue weighted by Crippen LogP contribution is -2.56. The Hall–Kier alpha value is -2.18. The highest BCUT2D eigenvalue weighted by Gasteiger charge is 2.34. The third-order valence-electron chi connectivity index (χ3n) is 5.87. The van der Waals surface area contributed by atoms with Gasteiger partial charge in [-0.25, -0.2) is 0 Å². The second-order valence-corrected chi connectivity index (χ2v) is 8.66. The number of nitrogens with zero attached hydrogens (tertiary/aromatic N) is 2. The van der Waals surface area contributed by atoms with E-state index in [0.717, 1.165) is 39.0 Å². The smallest absolute Gasteiger partial charge is 0.237 e. The highest BCUT2D eigenvalue weighted by molar-refractivity contribution is 7.09. The summed E-state index contributed by atoms with van der Waals surface area (Å²) in [7, 11) is 0. The Morgan fingerprint density at radius 3 is 2.57 bits per heavy atom.